The van der Waals surface area contributed by atoms with Crippen molar-refractivity contribution in [3.8, 4) is 0 Å². The number of nitrogens with zero attached hydrogens (tertiary/aromatic N) is 4. The van der Waals surface area contributed by atoms with Crippen LogP contribution < -0.4 is 10.0 Å². The first-order chi connectivity index (χ1) is 14.5. The number of anilines is 1. The quantitative estimate of drug-likeness (QED) is 0.386. The third kappa shape index (κ3) is 4.35. The Labute approximate surface area is 180 Å². The molecule has 1 aromatic carbocycles. The highest BCUT2D eigenvalue weighted by molar-refractivity contribution is 7.99. The molecule has 3 heterocycles. The molecule has 30 heavy (non-hydrogen) atoms. The van der Waals surface area contributed by atoms with Gasteiger partial charge >= 0.3 is 0 Å². The second-order valence-electron chi connectivity index (χ2n) is 7.16. The molecule has 4 rings (SSSR count). The molecule has 8 nitrogen and oxygen atoms in total. The number of benzene rings is 1. The van der Waals surface area contributed by atoms with Crippen LogP contribution in [0.4, 0.5) is 5.82 Å². The summed E-state index contributed by atoms with van der Waals surface area (Å²) in [5.41, 5.74) is 0.730. The van der Waals surface area contributed by atoms with Crippen molar-refractivity contribution in [3.63, 3.8) is 0 Å². The predicted octanol–water partition coefficient (Wildman–Crippen LogP) is 3.14. The Kier molecular flexibility index (Phi) is 6.07. The van der Waals surface area contributed by atoms with Crippen LogP contribution in [0.15, 0.2) is 54.2 Å². The Balaban J connectivity index is 1.47. The number of fused-ring (bicyclic) bond motifs is 2. The zero-order valence-electron chi connectivity index (χ0n) is 16.7. The minimum Gasteiger partial charge on any atom is -0.360 e. The lowest BCUT2D eigenvalue weighted by Crippen LogP contribution is -2.26. The highest BCUT2D eigenvalue weighted by Crippen LogP contribution is 2.34. The first kappa shape index (κ1) is 20.8. The van der Waals surface area contributed by atoms with Gasteiger partial charge in [-0.05, 0) is 43.7 Å². The molecule has 2 unspecified atom stereocenters. The van der Waals surface area contributed by atoms with Gasteiger partial charge in [0.2, 0.25) is 10.0 Å². The van der Waals surface area contributed by atoms with E-state index in [0.29, 0.717) is 12.3 Å². The van der Waals surface area contributed by atoms with Gasteiger partial charge in [0.1, 0.15) is 18.0 Å². The van der Waals surface area contributed by atoms with Crippen LogP contribution in [0.2, 0.25) is 0 Å². The Morgan fingerprint density at radius 2 is 2.20 bits per heavy atom. The second kappa shape index (κ2) is 8.75. The molecule has 0 fully saturated rings. The predicted molar refractivity (Wildman–Crippen MR) is 120 cm³/mol. The van der Waals surface area contributed by atoms with E-state index in [0.717, 1.165) is 34.7 Å². The summed E-state index contributed by atoms with van der Waals surface area (Å²) in [6.45, 7) is 6.14. The lowest BCUT2D eigenvalue weighted by molar-refractivity contribution is 0.512. The van der Waals surface area contributed by atoms with Crippen LogP contribution in [-0.4, -0.2) is 46.2 Å². The van der Waals surface area contributed by atoms with E-state index < -0.39 is 10.0 Å². The molecule has 0 amide bonds. The lowest BCUT2D eigenvalue weighted by Gasteiger charge is -2.13. The van der Waals surface area contributed by atoms with Crippen molar-refractivity contribution in [1.82, 2.24) is 24.5 Å². The van der Waals surface area contributed by atoms with Crippen LogP contribution in [0.5, 0.6) is 0 Å². The Bertz CT molecular complexity index is 1160. The molecule has 1 aliphatic heterocycles. The van der Waals surface area contributed by atoms with Gasteiger partial charge in [0.25, 0.3) is 0 Å². The van der Waals surface area contributed by atoms with Gasteiger partial charge in [0.15, 0.2) is 0 Å². The molecular weight excluding hydrogens is 420 g/mol. The maximum absolute atomic E-state index is 12.5. The molecule has 0 saturated carbocycles. The van der Waals surface area contributed by atoms with Gasteiger partial charge in [0, 0.05) is 23.4 Å². The molecule has 2 N–H and O–H groups in total. The number of hydrogen-bond donors (Lipinski definition) is 2. The largest absolute Gasteiger partial charge is 0.360 e. The van der Waals surface area contributed by atoms with Gasteiger partial charge in [-0.25, -0.2) is 27.8 Å². The second-order valence-corrected chi connectivity index (χ2v) is 10.1. The Hall–Kier alpha value is -2.43. The van der Waals surface area contributed by atoms with Crippen molar-refractivity contribution in [2.24, 2.45) is 0 Å². The molecular formula is C20H24N6O2S2. The van der Waals surface area contributed by atoms with E-state index in [-0.39, 0.29) is 17.0 Å². The molecule has 1 aliphatic rings. The van der Waals surface area contributed by atoms with E-state index in [1.54, 1.807) is 42.4 Å². The topological polar surface area (TPSA) is 102 Å². The maximum atomic E-state index is 12.5. The number of aromatic nitrogens is 4. The number of pyridine rings is 1. The molecule has 0 spiro atoms. The smallest absolute Gasteiger partial charge is 0.240 e. The number of rotatable bonds is 9. The SMILES string of the molecule is C=CCSCCNS(=O)(=O)c1ccc2nc(NC3CC(C)n4ncnc43)ccc2c1. The van der Waals surface area contributed by atoms with E-state index in [2.05, 4.69) is 38.6 Å². The maximum Gasteiger partial charge on any atom is 0.240 e. The molecule has 0 radical (unpaired) electrons. The van der Waals surface area contributed by atoms with Gasteiger partial charge in [-0.2, -0.15) is 16.9 Å². The fraction of sp³-hybridized carbons (Fsp3) is 0.350. The lowest BCUT2D eigenvalue weighted by atomic mass is 10.1. The molecule has 0 aliphatic carbocycles. The summed E-state index contributed by atoms with van der Waals surface area (Å²) in [7, 11) is -3.55. The molecule has 158 valence electrons. The summed E-state index contributed by atoms with van der Waals surface area (Å²) >= 11 is 1.63. The summed E-state index contributed by atoms with van der Waals surface area (Å²) in [5, 5.41) is 8.46. The van der Waals surface area contributed by atoms with Crippen LogP contribution in [0.3, 0.4) is 0 Å². The van der Waals surface area contributed by atoms with Crippen LogP contribution in [0.1, 0.15) is 31.3 Å². The molecule has 3 aromatic rings. The van der Waals surface area contributed by atoms with Crippen molar-refractivity contribution >= 4 is 38.5 Å². The van der Waals surface area contributed by atoms with E-state index in [1.807, 2.05) is 16.8 Å². The van der Waals surface area contributed by atoms with Crippen molar-refractivity contribution in [3.05, 3.63) is 55.1 Å². The minimum absolute atomic E-state index is 0.0512. The van der Waals surface area contributed by atoms with E-state index in [1.165, 1.54) is 0 Å². The zero-order valence-corrected chi connectivity index (χ0v) is 18.3. The third-order valence-electron chi connectivity index (χ3n) is 4.97. The average Bonchev–Trinajstić information content (AvgIpc) is 3.32. The van der Waals surface area contributed by atoms with Crippen LogP contribution >= 0.6 is 11.8 Å². The number of hydrogen-bond acceptors (Lipinski definition) is 7. The number of thioether (sulfide) groups is 1. The highest BCUT2D eigenvalue weighted by atomic mass is 32.2. The summed E-state index contributed by atoms with van der Waals surface area (Å²) in [6, 6.07) is 9.06. The fourth-order valence-corrected chi connectivity index (χ4v) is 5.32. The molecule has 10 heteroatoms. The van der Waals surface area contributed by atoms with Crippen molar-refractivity contribution in [2.45, 2.75) is 30.3 Å². The summed E-state index contributed by atoms with van der Waals surface area (Å²) in [4.78, 5) is 9.23. The number of nitrogens with one attached hydrogen (secondary N) is 2. The van der Waals surface area contributed by atoms with Gasteiger partial charge in [-0.1, -0.05) is 6.08 Å². The van der Waals surface area contributed by atoms with E-state index in [4.69, 9.17) is 0 Å². The Morgan fingerprint density at radius 3 is 3.03 bits per heavy atom. The molecule has 0 saturated heterocycles. The van der Waals surface area contributed by atoms with E-state index in [9.17, 15) is 8.42 Å². The van der Waals surface area contributed by atoms with Crippen LogP contribution in [0.25, 0.3) is 10.9 Å². The van der Waals surface area contributed by atoms with Crippen LogP contribution in [0, 0.1) is 0 Å². The highest BCUT2D eigenvalue weighted by Gasteiger charge is 2.30. The van der Waals surface area contributed by atoms with Crippen molar-refractivity contribution < 1.29 is 8.42 Å². The summed E-state index contributed by atoms with van der Waals surface area (Å²) < 4.78 is 29.6. The molecule has 0 bridgehead atoms. The Morgan fingerprint density at radius 1 is 1.33 bits per heavy atom. The normalized spacial score (nSPS) is 18.4. The van der Waals surface area contributed by atoms with Gasteiger partial charge in [0.05, 0.1) is 22.5 Å². The third-order valence-corrected chi connectivity index (χ3v) is 7.40. The van der Waals surface area contributed by atoms with Crippen molar-refractivity contribution in [1.29, 1.82) is 0 Å². The first-order valence-electron chi connectivity index (χ1n) is 9.73. The first-order valence-corrected chi connectivity index (χ1v) is 12.4. The summed E-state index contributed by atoms with van der Waals surface area (Å²) in [5.74, 6) is 3.13. The monoisotopic (exact) mass is 444 g/mol. The minimum atomic E-state index is -3.55. The molecule has 2 atom stereocenters. The zero-order chi connectivity index (χ0) is 21.1. The van der Waals surface area contributed by atoms with E-state index >= 15 is 0 Å². The molecule has 2 aromatic heterocycles. The average molecular weight is 445 g/mol. The fourth-order valence-electron chi connectivity index (χ4n) is 3.55. The van der Waals surface area contributed by atoms with Gasteiger partial charge in [-0.15, -0.1) is 6.58 Å². The van der Waals surface area contributed by atoms with Crippen LogP contribution in [-0.2, 0) is 10.0 Å². The van der Waals surface area contributed by atoms with Crippen molar-refractivity contribution in [2.75, 3.05) is 23.4 Å². The van der Waals surface area contributed by atoms with Gasteiger partial charge < -0.3 is 5.32 Å². The summed E-state index contributed by atoms with van der Waals surface area (Å²) in [6.07, 6.45) is 4.27. The van der Waals surface area contributed by atoms with Gasteiger partial charge in [-0.3, -0.25) is 0 Å². The standard InChI is InChI=1S/C20H24N6O2S2/c1-3-9-29-10-8-23-30(27,28)16-5-6-17-15(12-16)4-7-19(24-17)25-18-11-14(2)26-20(18)21-13-22-26/h3-7,12-14,18,23H,1,8-11H2,2H3,(H,24,25). The number of sulfonamides is 1.